The van der Waals surface area contributed by atoms with Crippen molar-refractivity contribution in [2.75, 3.05) is 11.9 Å². The number of carbonyl (C=O) groups excluding carboxylic acids is 2. The molecular weight excluding hydrogens is 414 g/mol. The van der Waals surface area contributed by atoms with E-state index in [0.717, 1.165) is 22.0 Å². The Hall–Kier alpha value is -4.32. The predicted molar refractivity (Wildman–Crippen MR) is 128 cm³/mol. The highest BCUT2D eigenvalue weighted by molar-refractivity contribution is 6.05. The Morgan fingerprint density at radius 3 is 2.55 bits per heavy atom. The van der Waals surface area contributed by atoms with Crippen molar-refractivity contribution < 1.29 is 14.3 Å². The number of ether oxygens (including phenoxy) is 1. The molecule has 2 N–H and O–H groups in total. The Kier molecular flexibility index (Phi) is 5.40. The zero-order chi connectivity index (χ0) is 22.8. The Morgan fingerprint density at radius 1 is 0.939 bits per heavy atom. The topological polar surface area (TPSA) is 70.7 Å². The molecule has 0 saturated carbocycles. The van der Waals surface area contributed by atoms with Gasteiger partial charge in [-0.2, -0.15) is 0 Å². The molecule has 0 saturated heterocycles. The number of fused-ring (bicyclic) bond motifs is 2. The van der Waals surface area contributed by atoms with Crippen LogP contribution in [0.3, 0.4) is 0 Å². The lowest BCUT2D eigenvalue weighted by Gasteiger charge is -2.38. The number of carbonyl (C=O) groups is 2. The van der Waals surface area contributed by atoms with Gasteiger partial charge in [-0.3, -0.25) is 15.0 Å². The molecule has 4 aromatic rings. The molecule has 0 radical (unpaired) electrons. The van der Waals surface area contributed by atoms with Crippen LogP contribution in [-0.4, -0.2) is 23.4 Å². The van der Waals surface area contributed by atoms with Crippen molar-refractivity contribution in [3.8, 4) is 5.75 Å². The lowest BCUT2D eigenvalue weighted by atomic mass is 9.99. The normalized spacial score (nSPS) is 15.0. The minimum absolute atomic E-state index is 0.287. The number of anilines is 1. The summed E-state index contributed by atoms with van der Waals surface area (Å²) >= 11 is 0. The number of nitrogens with one attached hydrogen (secondary N) is 2. The van der Waals surface area contributed by atoms with Crippen molar-refractivity contribution in [3.63, 3.8) is 0 Å². The number of hydrogen-bond donors (Lipinski definition) is 2. The molecule has 0 aliphatic carbocycles. The van der Waals surface area contributed by atoms with Crippen molar-refractivity contribution in [1.82, 2.24) is 10.4 Å². The van der Waals surface area contributed by atoms with Gasteiger partial charge in [0, 0.05) is 11.3 Å². The summed E-state index contributed by atoms with van der Waals surface area (Å²) in [7, 11) is 0. The molecule has 2 amide bonds. The zero-order valence-corrected chi connectivity index (χ0v) is 18.1. The first-order valence-corrected chi connectivity index (χ1v) is 10.9. The van der Waals surface area contributed by atoms with Gasteiger partial charge in [0.05, 0.1) is 17.7 Å². The van der Waals surface area contributed by atoms with Crippen LogP contribution < -0.4 is 15.5 Å². The molecule has 164 valence electrons. The molecule has 0 spiro atoms. The first-order valence-electron chi connectivity index (χ1n) is 10.9. The van der Waals surface area contributed by atoms with Gasteiger partial charge in [-0.1, -0.05) is 66.7 Å². The standard InChI is InChI=1S/C27H23N3O3/c1-2-33-24-17-8-6-14-22(24)26(31)29-30-25(28-23-16-7-5-13-21(23)27(30)32)20-15-9-11-18-10-3-4-12-19(18)20/h3-17,25,28H,2H2,1H3,(H,29,31). The Labute approximate surface area is 191 Å². The third kappa shape index (κ3) is 3.76. The minimum atomic E-state index is -0.596. The van der Waals surface area contributed by atoms with Crippen LogP contribution in [0, 0.1) is 0 Å². The maximum absolute atomic E-state index is 13.6. The average molecular weight is 437 g/mol. The van der Waals surface area contributed by atoms with Gasteiger partial charge in [0.15, 0.2) is 0 Å². The van der Waals surface area contributed by atoms with E-state index in [1.807, 2.05) is 67.6 Å². The largest absolute Gasteiger partial charge is 0.493 e. The van der Waals surface area contributed by atoms with Crippen molar-refractivity contribution >= 4 is 28.3 Å². The van der Waals surface area contributed by atoms with Crippen molar-refractivity contribution in [2.45, 2.75) is 13.1 Å². The second-order valence-corrected chi connectivity index (χ2v) is 7.71. The van der Waals surface area contributed by atoms with E-state index in [-0.39, 0.29) is 5.91 Å². The van der Waals surface area contributed by atoms with E-state index in [2.05, 4.69) is 10.7 Å². The van der Waals surface area contributed by atoms with Gasteiger partial charge in [-0.15, -0.1) is 0 Å². The van der Waals surface area contributed by atoms with Gasteiger partial charge >= 0.3 is 0 Å². The summed E-state index contributed by atoms with van der Waals surface area (Å²) in [6, 6.07) is 28.2. The van der Waals surface area contributed by atoms with E-state index in [4.69, 9.17) is 4.74 Å². The van der Waals surface area contributed by atoms with Crippen LogP contribution in [0.15, 0.2) is 91.0 Å². The van der Waals surface area contributed by atoms with Gasteiger partial charge in [0.25, 0.3) is 11.8 Å². The third-order valence-electron chi connectivity index (χ3n) is 5.70. The highest BCUT2D eigenvalue weighted by atomic mass is 16.5. The number of hydrazine groups is 1. The highest BCUT2D eigenvalue weighted by Crippen LogP contribution is 2.35. The monoisotopic (exact) mass is 437 g/mol. The lowest BCUT2D eigenvalue weighted by molar-refractivity contribution is 0.0491. The summed E-state index contributed by atoms with van der Waals surface area (Å²) in [5.74, 6) is -0.236. The summed E-state index contributed by atoms with van der Waals surface area (Å²) in [5.41, 5.74) is 5.30. The van der Waals surface area contributed by atoms with E-state index in [9.17, 15) is 9.59 Å². The predicted octanol–water partition coefficient (Wildman–Crippen LogP) is 5.15. The van der Waals surface area contributed by atoms with Gasteiger partial charge in [0.2, 0.25) is 0 Å². The molecular formula is C27H23N3O3. The molecule has 4 aromatic carbocycles. The number of amides is 2. The van der Waals surface area contributed by atoms with Crippen molar-refractivity contribution in [3.05, 3.63) is 108 Å². The van der Waals surface area contributed by atoms with Gasteiger partial charge < -0.3 is 10.1 Å². The third-order valence-corrected chi connectivity index (χ3v) is 5.70. The van der Waals surface area contributed by atoms with Crippen LogP contribution in [0.25, 0.3) is 10.8 Å². The van der Waals surface area contributed by atoms with Crippen LogP contribution in [-0.2, 0) is 0 Å². The van der Waals surface area contributed by atoms with E-state index < -0.39 is 12.1 Å². The molecule has 6 heteroatoms. The first-order chi connectivity index (χ1) is 16.2. The summed E-state index contributed by atoms with van der Waals surface area (Å²) in [6.45, 7) is 2.29. The van der Waals surface area contributed by atoms with E-state index in [1.54, 1.807) is 30.3 Å². The molecule has 5 rings (SSSR count). The number of rotatable bonds is 5. The maximum atomic E-state index is 13.6. The summed E-state index contributed by atoms with van der Waals surface area (Å²) in [4.78, 5) is 26.8. The number of benzene rings is 4. The SMILES string of the molecule is CCOc1ccccc1C(=O)NN1C(=O)c2ccccc2NC1c1cccc2ccccc12. The van der Waals surface area contributed by atoms with E-state index >= 15 is 0 Å². The van der Waals surface area contributed by atoms with Crippen LogP contribution in [0.4, 0.5) is 5.69 Å². The van der Waals surface area contributed by atoms with Crippen molar-refractivity contribution in [1.29, 1.82) is 0 Å². The van der Waals surface area contributed by atoms with Crippen LogP contribution >= 0.6 is 0 Å². The minimum Gasteiger partial charge on any atom is -0.493 e. The second-order valence-electron chi connectivity index (χ2n) is 7.71. The van der Waals surface area contributed by atoms with Crippen LogP contribution in [0.1, 0.15) is 39.4 Å². The quantitative estimate of drug-likeness (QED) is 0.453. The zero-order valence-electron chi connectivity index (χ0n) is 18.1. The number of nitrogens with zero attached hydrogens (tertiary/aromatic N) is 1. The molecule has 0 fully saturated rings. The molecule has 0 aromatic heterocycles. The fraction of sp³-hybridized carbons (Fsp3) is 0.111. The molecule has 1 aliphatic rings. The maximum Gasteiger partial charge on any atom is 0.276 e. The van der Waals surface area contributed by atoms with E-state index in [1.165, 1.54) is 5.01 Å². The highest BCUT2D eigenvalue weighted by Gasteiger charge is 2.35. The molecule has 0 bridgehead atoms. The Morgan fingerprint density at radius 2 is 1.67 bits per heavy atom. The lowest BCUT2D eigenvalue weighted by Crippen LogP contribution is -2.53. The number of hydrogen-bond acceptors (Lipinski definition) is 4. The van der Waals surface area contributed by atoms with Crippen LogP contribution in [0.5, 0.6) is 5.75 Å². The first kappa shape index (κ1) is 20.6. The van der Waals surface area contributed by atoms with Gasteiger partial charge in [0.1, 0.15) is 11.9 Å². The fourth-order valence-corrected chi connectivity index (χ4v) is 4.18. The molecule has 1 atom stereocenters. The Bertz CT molecular complexity index is 1350. The Balaban J connectivity index is 1.58. The molecule has 6 nitrogen and oxygen atoms in total. The van der Waals surface area contributed by atoms with Crippen LogP contribution in [0.2, 0.25) is 0 Å². The summed E-state index contributed by atoms with van der Waals surface area (Å²) in [5, 5.41) is 6.86. The average Bonchev–Trinajstić information content (AvgIpc) is 2.86. The van der Waals surface area contributed by atoms with Crippen molar-refractivity contribution in [2.24, 2.45) is 0 Å². The molecule has 1 heterocycles. The fourth-order valence-electron chi connectivity index (χ4n) is 4.18. The van der Waals surface area contributed by atoms with E-state index in [0.29, 0.717) is 23.5 Å². The number of para-hydroxylation sites is 2. The molecule has 1 unspecified atom stereocenters. The molecule has 33 heavy (non-hydrogen) atoms. The van der Waals surface area contributed by atoms with Gasteiger partial charge in [-0.25, -0.2) is 5.01 Å². The second kappa shape index (κ2) is 8.67. The summed E-state index contributed by atoms with van der Waals surface area (Å²) in [6.07, 6.45) is -0.596. The smallest absolute Gasteiger partial charge is 0.276 e. The summed E-state index contributed by atoms with van der Waals surface area (Å²) < 4.78 is 5.62. The van der Waals surface area contributed by atoms with Gasteiger partial charge in [-0.05, 0) is 42.0 Å². The molecule has 1 aliphatic heterocycles.